The number of rotatable bonds is 4. The fourth-order valence-corrected chi connectivity index (χ4v) is 3.88. The predicted molar refractivity (Wildman–Crippen MR) is 77.3 cm³/mol. The van der Waals surface area contributed by atoms with Crippen molar-refractivity contribution in [1.82, 2.24) is 15.0 Å². The SMILES string of the molecule is Cc1cc(NS(=O)(=O)c2c(Br)nnn2C)ccc1[N+](=O)[O-]. The highest BCUT2D eigenvalue weighted by Crippen LogP contribution is 2.25. The second kappa shape index (κ2) is 5.41. The fraction of sp³-hybridized carbons (Fsp3) is 0.200. The molecule has 0 saturated heterocycles. The Morgan fingerprint density at radius 1 is 1.43 bits per heavy atom. The summed E-state index contributed by atoms with van der Waals surface area (Å²) in [6.07, 6.45) is 0. The van der Waals surface area contributed by atoms with Gasteiger partial charge in [-0.25, -0.2) is 4.68 Å². The van der Waals surface area contributed by atoms with E-state index < -0.39 is 14.9 Å². The van der Waals surface area contributed by atoms with Crippen LogP contribution in [-0.2, 0) is 17.1 Å². The van der Waals surface area contributed by atoms with E-state index in [0.29, 0.717) is 5.56 Å². The summed E-state index contributed by atoms with van der Waals surface area (Å²) in [5, 5.41) is 17.8. The van der Waals surface area contributed by atoms with Crippen LogP contribution in [-0.4, -0.2) is 28.3 Å². The first kappa shape index (κ1) is 15.4. The molecule has 2 rings (SSSR count). The van der Waals surface area contributed by atoms with E-state index in [-0.39, 0.29) is 21.0 Å². The Kier molecular flexibility index (Phi) is 3.96. The van der Waals surface area contributed by atoms with Crippen molar-refractivity contribution in [3.63, 3.8) is 0 Å². The molecule has 1 aromatic heterocycles. The summed E-state index contributed by atoms with van der Waals surface area (Å²) in [6, 6.07) is 3.94. The van der Waals surface area contributed by atoms with E-state index in [1.54, 1.807) is 0 Å². The third-order valence-corrected chi connectivity index (χ3v) is 4.91. The molecule has 0 aliphatic carbocycles. The lowest BCUT2D eigenvalue weighted by Gasteiger charge is -2.08. The van der Waals surface area contributed by atoms with E-state index >= 15 is 0 Å². The van der Waals surface area contributed by atoms with Gasteiger partial charge in [0.05, 0.1) is 4.92 Å². The van der Waals surface area contributed by atoms with Gasteiger partial charge < -0.3 is 0 Å². The highest BCUT2D eigenvalue weighted by Gasteiger charge is 2.24. The molecule has 1 N–H and O–H groups in total. The number of aryl methyl sites for hydroxylation is 2. The number of aromatic nitrogens is 3. The van der Waals surface area contributed by atoms with Crippen LogP contribution in [0, 0.1) is 17.0 Å². The van der Waals surface area contributed by atoms with Crippen LogP contribution in [0.15, 0.2) is 27.8 Å². The van der Waals surface area contributed by atoms with Crippen LogP contribution in [0.4, 0.5) is 11.4 Å². The number of anilines is 1. The second-order valence-corrected chi connectivity index (χ2v) is 6.52. The summed E-state index contributed by atoms with van der Waals surface area (Å²) >= 11 is 3.01. The van der Waals surface area contributed by atoms with Crippen LogP contribution in [0.5, 0.6) is 0 Å². The normalized spacial score (nSPS) is 11.4. The van der Waals surface area contributed by atoms with E-state index in [1.165, 1.54) is 32.2 Å². The Balaban J connectivity index is 2.38. The summed E-state index contributed by atoms with van der Waals surface area (Å²) in [6.45, 7) is 1.53. The van der Waals surface area contributed by atoms with Crippen molar-refractivity contribution in [1.29, 1.82) is 0 Å². The van der Waals surface area contributed by atoms with Gasteiger partial charge in [-0.1, -0.05) is 5.21 Å². The molecular weight excluding hydrogens is 366 g/mol. The maximum atomic E-state index is 12.3. The molecule has 1 aromatic carbocycles. The maximum Gasteiger partial charge on any atom is 0.281 e. The summed E-state index contributed by atoms with van der Waals surface area (Å²) in [7, 11) is -2.47. The Bertz CT molecular complexity index is 797. The Hall–Kier alpha value is -2.01. The summed E-state index contributed by atoms with van der Waals surface area (Å²) < 4.78 is 28.0. The van der Waals surface area contributed by atoms with E-state index in [0.717, 1.165) is 4.68 Å². The molecule has 0 unspecified atom stereocenters. The third-order valence-electron chi connectivity index (χ3n) is 2.64. The van der Waals surface area contributed by atoms with Crippen molar-refractivity contribution in [3.05, 3.63) is 38.5 Å². The lowest BCUT2D eigenvalue weighted by atomic mass is 10.2. The number of nitro benzene ring substituents is 1. The number of hydrogen-bond donors (Lipinski definition) is 1. The molecule has 0 radical (unpaired) electrons. The van der Waals surface area contributed by atoms with Gasteiger partial charge in [0.15, 0.2) is 4.60 Å². The van der Waals surface area contributed by atoms with Gasteiger partial charge in [0.1, 0.15) is 0 Å². The molecule has 0 amide bonds. The summed E-state index contributed by atoms with van der Waals surface area (Å²) in [4.78, 5) is 10.2. The van der Waals surface area contributed by atoms with Crippen LogP contribution in [0.25, 0.3) is 0 Å². The highest BCUT2D eigenvalue weighted by molar-refractivity contribution is 9.10. The molecule has 0 bridgehead atoms. The van der Waals surface area contributed by atoms with E-state index in [2.05, 4.69) is 31.0 Å². The van der Waals surface area contributed by atoms with E-state index in [4.69, 9.17) is 0 Å². The van der Waals surface area contributed by atoms with Gasteiger partial charge in [-0.2, -0.15) is 8.42 Å². The van der Waals surface area contributed by atoms with Gasteiger partial charge in [-0.3, -0.25) is 14.8 Å². The zero-order chi connectivity index (χ0) is 15.8. The molecule has 1 heterocycles. The lowest BCUT2D eigenvalue weighted by molar-refractivity contribution is -0.385. The van der Waals surface area contributed by atoms with Gasteiger partial charge in [0, 0.05) is 24.4 Å². The number of hydrogen-bond acceptors (Lipinski definition) is 6. The first-order valence-electron chi connectivity index (χ1n) is 5.55. The molecule has 0 aliphatic rings. The van der Waals surface area contributed by atoms with Crippen molar-refractivity contribution >= 4 is 37.3 Å². The van der Waals surface area contributed by atoms with Crippen LogP contribution < -0.4 is 4.72 Å². The molecule has 2 aromatic rings. The number of benzene rings is 1. The molecular formula is C10H10BrN5O4S. The number of nitro groups is 1. The zero-order valence-corrected chi connectivity index (χ0v) is 13.3. The van der Waals surface area contributed by atoms with Crippen molar-refractivity contribution in [2.75, 3.05) is 4.72 Å². The van der Waals surface area contributed by atoms with Gasteiger partial charge in [0.25, 0.3) is 15.7 Å². The lowest BCUT2D eigenvalue weighted by Crippen LogP contribution is -2.17. The van der Waals surface area contributed by atoms with Crippen LogP contribution in [0.2, 0.25) is 0 Å². The van der Waals surface area contributed by atoms with Gasteiger partial charge >= 0.3 is 0 Å². The third kappa shape index (κ3) is 3.03. The van der Waals surface area contributed by atoms with Crippen LogP contribution in [0.1, 0.15) is 5.56 Å². The molecule has 0 atom stereocenters. The highest BCUT2D eigenvalue weighted by atomic mass is 79.9. The minimum atomic E-state index is -3.91. The minimum Gasteiger partial charge on any atom is -0.278 e. The minimum absolute atomic E-state index is 0.0798. The zero-order valence-electron chi connectivity index (χ0n) is 10.9. The molecule has 0 saturated carbocycles. The van der Waals surface area contributed by atoms with Gasteiger partial charge in [-0.15, -0.1) is 5.10 Å². The smallest absolute Gasteiger partial charge is 0.278 e. The molecule has 112 valence electrons. The van der Waals surface area contributed by atoms with Crippen molar-refractivity contribution < 1.29 is 13.3 Å². The summed E-state index contributed by atoms with van der Waals surface area (Å²) in [5.41, 5.74) is 0.481. The fourth-order valence-electron chi connectivity index (χ4n) is 1.74. The van der Waals surface area contributed by atoms with Crippen molar-refractivity contribution in [3.8, 4) is 0 Å². The number of halogens is 1. The first-order chi connectivity index (χ1) is 9.72. The maximum absolute atomic E-state index is 12.3. The van der Waals surface area contributed by atoms with E-state index in [1.807, 2.05) is 0 Å². The molecule has 0 fully saturated rings. The largest absolute Gasteiger partial charge is 0.281 e. The quantitative estimate of drug-likeness (QED) is 0.639. The van der Waals surface area contributed by atoms with Crippen LogP contribution >= 0.6 is 15.9 Å². The number of nitrogens with zero attached hydrogens (tertiary/aromatic N) is 4. The van der Waals surface area contributed by atoms with Gasteiger partial charge in [-0.05, 0) is 35.0 Å². The second-order valence-electron chi connectivity index (χ2n) is 4.17. The average Bonchev–Trinajstić information content (AvgIpc) is 2.68. The summed E-state index contributed by atoms with van der Waals surface area (Å²) in [5.74, 6) is 0. The van der Waals surface area contributed by atoms with Crippen molar-refractivity contribution in [2.24, 2.45) is 7.05 Å². The molecule has 21 heavy (non-hydrogen) atoms. The Morgan fingerprint density at radius 2 is 2.10 bits per heavy atom. The molecule has 0 spiro atoms. The monoisotopic (exact) mass is 375 g/mol. The standard InChI is InChI=1S/C10H10BrN5O4S/c1-6-5-7(3-4-8(6)16(17)18)13-21(19,20)10-9(11)12-14-15(10)2/h3-5,13H,1-2H3. The molecule has 9 nitrogen and oxygen atoms in total. The topological polar surface area (TPSA) is 120 Å². The predicted octanol–water partition coefficient (Wildman–Crippen LogP) is 1.60. The van der Waals surface area contributed by atoms with E-state index in [9.17, 15) is 18.5 Å². The van der Waals surface area contributed by atoms with Crippen molar-refractivity contribution in [2.45, 2.75) is 11.9 Å². The van der Waals surface area contributed by atoms with Gasteiger partial charge in [0.2, 0.25) is 5.03 Å². The molecule has 11 heteroatoms. The first-order valence-corrected chi connectivity index (χ1v) is 7.83. The molecule has 0 aliphatic heterocycles. The number of sulfonamides is 1. The number of nitrogens with one attached hydrogen (secondary N) is 1. The average molecular weight is 376 g/mol. The van der Waals surface area contributed by atoms with Crippen LogP contribution in [0.3, 0.4) is 0 Å². The Labute approximate surface area is 128 Å². The Morgan fingerprint density at radius 3 is 2.57 bits per heavy atom.